The lowest BCUT2D eigenvalue weighted by Crippen LogP contribution is -2.44. The molecule has 3 rings (SSSR count). The highest BCUT2D eigenvalue weighted by molar-refractivity contribution is 6.09. The minimum atomic E-state index is -1.02. The van der Waals surface area contributed by atoms with Gasteiger partial charge in [0.2, 0.25) is 6.41 Å². The smallest absolute Gasteiger partial charge is 0.216 e. The number of aliphatic hydroxyl groups is 1. The summed E-state index contributed by atoms with van der Waals surface area (Å²) in [4.78, 5) is 21.8. The van der Waals surface area contributed by atoms with Gasteiger partial charge in [0.1, 0.15) is 0 Å². The van der Waals surface area contributed by atoms with E-state index in [0.29, 0.717) is 24.2 Å². The maximum Gasteiger partial charge on any atom is 0.216 e. The second-order valence-corrected chi connectivity index (χ2v) is 5.14. The Balaban J connectivity index is 1.87. The third-order valence-corrected chi connectivity index (χ3v) is 3.90. The maximum absolute atomic E-state index is 12.8. The third-order valence-electron chi connectivity index (χ3n) is 3.90. The summed E-state index contributed by atoms with van der Waals surface area (Å²) in [5, 5.41) is 10.0. The normalized spacial score (nSPS) is 21.0. The first-order valence-corrected chi connectivity index (χ1v) is 7.24. The summed E-state index contributed by atoms with van der Waals surface area (Å²) in [7, 11) is 0. The number of rotatable bonds is 5. The van der Waals surface area contributed by atoms with Crippen molar-refractivity contribution in [1.29, 1.82) is 0 Å². The predicted molar refractivity (Wildman–Crippen MR) is 77.8 cm³/mol. The minimum Gasteiger partial charge on any atom is -0.359 e. The molecule has 1 aliphatic heterocycles. The van der Waals surface area contributed by atoms with E-state index in [2.05, 4.69) is 9.97 Å². The van der Waals surface area contributed by atoms with Crippen LogP contribution in [-0.2, 0) is 4.74 Å². The lowest BCUT2D eigenvalue weighted by Gasteiger charge is -2.27. The van der Waals surface area contributed by atoms with Gasteiger partial charge >= 0.3 is 0 Å². The van der Waals surface area contributed by atoms with Gasteiger partial charge in [0.15, 0.2) is 5.78 Å². The van der Waals surface area contributed by atoms with E-state index in [0.717, 1.165) is 18.4 Å². The molecule has 0 aromatic carbocycles. The van der Waals surface area contributed by atoms with Crippen LogP contribution in [0, 0.1) is 0 Å². The van der Waals surface area contributed by atoms with Crippen molar-refractivity contribution in [2.75, 3.05) is 13.2 Å². The molecule has 0 saturated carbocycles. The second kappa shape index (κ2) is 5.93. The first-order chi connectivity index (χ1) is 10.2. The van der Waals surface area contributed by atoms with E-state index >= 15 is 0 Å². The molecule has 6 nitrogen and oxygen atoms in total. The Morgan fingerprint density at radius 2 is 2.52 bits per heavy atom. The van der Waals surface area contributed by atoms with Gasteiger partial charge in [0.05, 0.1) is 22.6 Å². The Bertz CT molecular complexity index is 640. The van der Waals surface area contributed by atoms with Crippen molar-refractivity contribution in [3.63, 3.8) is 0 Å². The number of fused-ring (bicyclic) bond motifs is 1. The highest BCUT2D eigenvalue weighted by Crippen LogP contribution is 2.26. The van der Waals surface area contributed by atoms with E-state index in [-0.39, 0.29) is 11.8 Å². The van der Waals surface area contributed by atoms with Crippen LogP contribution in [0.2, 0.25) is 0 Å². The maximum atomic E-state index is 12.8. The number of hydrogen-bond acceptors (Lipinski definition) is 5. The number of carbonyl (C=O) groups excluding carboxylic acids is 1. The number of aromatic amines is 1. The van der Waals surface area contributed by atoms with Crippen LogP contribution >= 0.6 is 0 Å². The molecule has 6 heteroatoms. The molecular weight excluding hydrogens is 270 g/mol. The summed E-state index contributed by atoms with van der Waals surface area (Å²) < 4.78 is 5.22. The van der Waals surface area contributed by atoms with Gasteiger partial charge in [-0.05, 0) is 31.9 Å². The molecule has 3 heterocycles. The zero-order valence-electron chi connectivity index (χ0n) is 12.0. The van der Waals surface area contributed by atoms with E-state index in [1.54, 1.807) is 17.3 Å². The number of aromatic nitrogens is 2. The molecule has 2 aromatic heterocycles. The van der Waals surface area contributed by atoms with Crippen molar-refractivity contribution in [2.24, 2.45) is 0 Å². The fraction of sp³-hybridized carbons (Fsp3) is 0.467. The number of pyridine rings is 1. The number of hydrogen-bond donors (Lipinski definition) is 2. The molecule has 0 amide bonds. The van der Waals surface area contributed by atoms with Crippen molar-refractivity contribution < 1.29 is 14.6 Å². The highest BCUT2D eigenvalue weighted by Gasteiger charge is 2.36. The molecule has 0 bridgehead atoms. The molecule has 0 aliphatic carbocycles. The number of Topliss-reactive ketones (excluding diaryl/α,β-unsaturated/α-hetero) is 1. The van der Waals surface area contributed by atoms with Crippen LogP contribution in [0.15, 0.2) is 24.5 Å². The molecule has 0 radical (unpaired) electrons. The van der Waals surface area contributed by atoms with Crippen molar-refractivity contribution in [2.45, 2.75) is 32.2 Å². The Morgan fingerprint density at radius 1 is 1.67 bits per heavy atom. The zero-order valence-corrected chi connectivity index (χ0v) is 12.0. The quantitative estimate of drug-likeness (QED) is 0.644. The molecule has 2 unspecified atom stereocenters. The van der Waals surface area contributed by atoms with Crippen LogP contribution in [0.4, 0.5) is 0 Å². The average molecular weight is 289 g/mol. The first kappa shape index (κ1) is 14.2. The van der Waals surface area contributed by atoms with E-state index < -0.39 is 6.41 Å². The number of aliphatic hydroxyl groups excluding tert-OH is 1. The Labute approximate surface area is 122 Å². The van der Waals surface area contributed by atoms with Crippen LogP contribution in [0.3, 0.4) is 0 Å². The van der Waals surface area contributed by atoms with Gasteiger partial charge in [-0.15, -0.1) is 0 Å². The molecule has 1 fully saturated rings. The van der Waals surface area contributed by atoms with E-state index in [1.807, 2.05) is 19.1 Å². The number of ether oxygens (including phenoxy) is 1. The molecule has 2 N–H and O–H groups in total. The molecule has 2 aromatic rings. The number of carbonyl (C=O) groups is 1. The summed E-state index contributed by atoms with van der Waals surface area (Å²) in [6.45, 7) is 2.89. The van der Waals surface area contributed by atoms with Gasteiger partial charge in [-0.25, -0.2) is 4.90 Å². The van der Waals surface area contributed by atoms with Crippen LogP contribution in [0.25, 0.3) is 11.0 Å². The molecule has 2 atom stereocenters. The second-order valence-electron chi connectivity index (χ2n) is 5.14. The fourth-order valence-electron chi connectivity index (χ4n) is 2.90. The highest BCUT2D eigenvalue weighted by atomic mass is 16.6. The number of nitrogens with zero attached hydrogens (tertiary/aromatic N) is 2. The summed E-state index contributed by atoms with van der Waals surface area (Å²) in [6.07, 6.45) is 3.95. The summed E-state index contributed by atoms with van der Waals surface area (Å²) >= 11 is 0. The van der Waals surface area contributed by atoms with E-state index in [9.17, 15) is 9.90 Å². The predicted octanol–water partition coefficient (Wildman–Crippen LogP) is 1.52. The zero-order chi connectivity index (χ0) is 14.8. The van der Waals surface area contributed by atoms with E-state index in [1.165, 1.54) is 0 Å². The molecule has 21 heavy (non-hydrogen) atoms. The number of ketones is 1. The Morgan fingerprint density at radius 3 is 3.33 bits per heavy atom. The summed E-state index contributed by atoms with van der Waals surface area (Å²) in [6, 6.07) is 3.36. The first-order valence-electron chi connectivity index (χ1n) is 7.24. The van der Waals surface area contributed by atoms with Gasteiger partial charge in [-0.1, -0.05) is 0 Å². The molecule has 1 aliphatic rings. The van der Waals surface area contributed by atoms with Gasteiger partial charge < -0.3 is 14.8 Å². The Kier molecular flexibility index (Phi) is 4.01. The fourth-order valence-corrected chi connectivity index (χ4v) is 2.90. The van der Waals surface area contributed by atoms with Crippen LogP contribution in [0.1, 0.15) is 30.1 Å². The lowest BCUT2D eigenvalue weighted by atomic mass is 10.0. The largest absolute Gasteiger partial charge is 0.359 e. The van der Waals surface area contributed by atoms with Crippen molar-refractivity contribution in [1.82, 2.24) is 14.9 Å². The van der Waals surface area contributed by atoms with Gasteiger partial charge in [-0.2, -0.15) is 0 Å². The lowest BCUT2D eigenvalue weighted by molar-refractivity contribution is -0.190. The third kappa shape index (κ3) is 2.57. The van der Waals surface area contributed by atoms with Crippen molar-refractivity contribution >= 4 is 16.8 Å². The summed E-state index contributed by atoms with van der Waals surface area (Å²) in [5.74, 6) is -0.0174. The average Bonchev–Trinajstić information content (AvgIpc) is 3.14. The van der Waals surface area contributed by atoms with Gasteiger partial charge in [-0.3, -0.25) is 9.78 Å². The van der Waals surface area contributed by atoms with E-state index in [4.69, 9.17) is 4.74 Å². The molecule has 1 saturated heterocycles. The Hall–Kier alpha value is -1.76. The SMILES string of the molecule is CCOC(O)N1CCCC1C(=O)c1c[nH]c2cccnc12. The molecule has 0 spiro atoms. The van der Waals surface area contributed by atoms with Crippen molar-refractivity contribution in [3.05, 3.63) is 30.1 Å². The standard InChI is InChI=1S/C15H19N3O3/c1-2-21-15(20)18-8-4-6-12(18)14(19)10-9-17-11-5-3-7-16-13(10)11/h3,5,7,9,12,15,17,20H,2,4,6,8H2,1H3. The number of nitrogens with one attached hydrogen (secondary N) is 1. The van der Waals surface area contributed by atoms with Gasteiger partial charge in [0, 0.05) is 25.5 Å². The molecular formula is C15H19N3O3. The van der Waals surface area contributed by atoms with Crippen molar-refractivity contribution in [3.8, 4) is 0 Å². The van der Waals surface area contributed by atoms with Crippen LogP contribution in [-0.4, -0.2) is 51.4 Å². The van der Waals surface area contributed by atoms with Crippen LogP contribution in [0.5, 0.6) is 0 Å². The monoisotopic (exact) mass is 289 g/mol. The minimum absolute atomic E-state index is 0.0174. The topological polar surface area (TPSA) is 78.5 Å². The molecule has 112 valence electrons. The van der Waals surface area contributed by atoms with Crippen LogP contribution < -0.4 is 0 Å². The van der Waals surface area contributed by atoms with Gasteiger partial charge in [0.25, 0.3) is 0 Å². The number of likely N-dealkylation sites (tertiary alicyclic amines) is 1. The number of H-pyrrole nitrogens is 1. The summed E-state index contributed by atoms with van der Waals surface area (Å²) in [5.41, 5.74) is 2.10.